The highest BCUT2D eigenvalue weighted by atomic mass is 127. The summed E-state index contributed by atoms with van der Waals surface area (Å²) < 4.78 is 5.34. The van der Waals surface area contributed by atoms with Gasteiger partial charge in [0.15, 0.2) is 5.96 Å². The first-order valence-corrected chi connectivity index (χ1v) is 9.64. The number of hydrogen-bond donors (Lipinski definition) is 1. The Morgan fingerprint density at radius 1 is 1.14 bits per heavy atom. The second-order valence-corrected chi connectivity index (χ2v) is 6.65. The summed E-state index contributed by atoms with van der Waals surface area (Å²) in [6.45, 7) is 7.23. The standard InChI is InChI=1S/C22H27N5O.HI/c1-3-24-22(25-17-19-9-7-18(16-23)8-10-19)27-13-11-26(12-14-27)20-5-4-6-21(15-20)28-2;/h4-10,15H,3,11-14,17H2,1-2H3,(H,24,25);1H. The van der Waals surface area contributed by atoms with Crippen molar-refractivity contribution in [1.82, 2.24) is 10.2 Å². The van der Waals surface area contributed by atoms with Crippen LogP contribution in [0.4, 0.5) is 5.69 Å². The monoisotopic (exact) mass is 505 g/mol. The molecule has 0 atom stereocenters. The molecule has 0 aromatic heterocycles. The quantitative estimate of drug-likeness (QED) is 0.383. The molecule has 1 fully saturated rings. The molecule has 0 unspecified atom stereocenters. The lowest BCUT2D eigenvalue weighted by atomic mass is 10.1. The molecule has 0 amide bonds. The lowest BCUT2D eigenvalue weighted by Gasteiger charge is -2.37. The van der Waals surface area contributed by atoms with Gasteiger partial charge in [0.25, 0.3) is 0 Å². The van der Waals surface area contributed by atoms with Crippen LogP contribution in [0.5, 0.6) is 5.75 Å². The van der Waals surface area contributed by atoms with Gasteiger partial charge in [-0.1, -0.05) is 18.2 Å². The highest BCUT2D eigenvalue weighted by Crippen LogP contribution is 2.22. The molecule has 6 nitrogen and oxygen atoms in total. The molecule has 7 heteroatoms. The van der Waals surface area contributed by atoms with Gasteiger partial charge in [0.1, 0.15) is 5.75 Å². The number of anilines is 1. The van der Waals surface area contributed by atoms with Crippen LogP contribution < -0.4 is 15.0 Å². The van der Waals surface area contributed by atoms with Gasteiger partial charge in [0.2, 0.25) is 0 Å². The summed E-state index contributed by atoms with van der Waals surface area (Å²) >= 11 is 0. The summed E-state index contributed by atoms with van der Waals surface area (Å²) in [5, 5.41) is 12.3. The second kappa shape index (κ2) is 11.5. The van der Waals surface area contributed by atoms with E-state index in [9.17, 15) is 0 Å². The molecule has 0 spiro atoms. The first kappa shape index (κ1) is 22.8. The van der Waals surface area contributed by atoms with Crippen molar-refractivity contribution in [2.24, 2.45) is 4.99 Å². The molecular formula is C22H28IN5O. The zero-order valence-electron chi connectivity index (χ0n) is 17.0. The van der Waals surface area contributed by atoms with Gasteiger partial charge in [0.05, 0.1) is 25.3 Å². The van der Waals surface area contributed by atoms with Crippen LogP contribution >= 0.6 is 24.0 Å². The van der Waals surface area contributed by atoms with Crippen LogP contribution in [0.2, 0.25) is 0 Å². The third-order valence-corrected chi connectivity index (χ3v) is 4.83. The maximum absolute atomic E-state index is 8.91. The van der Waals surface area contributed by atoms with E-state index in [0.29, 0.717) is 12.1 Å². The molecule has 1 N–H and O–H groups in total. The number of methoxy groups -OCH3 is 1. The molecule has 1 aliphatic heterocycles. The van der Waals surface area contributed by atoms with Gasteiger partial charge in [-0.2, -0.15) is 5.26 Å². The van der Waals surface area contributed by atoms with Crippen LogP contribution in [0.3, 0.4) is 0 Å². The number of guanidine groups is 1. The van der Waals surface area contributed by atoms with Crippen molar-refractivity contribution < 1.29 is 4.74 Å². The number of rotatable bonds is 5. The maximum Gasteiger partial charge on any atom is 0.194 e. The zero-order valence-corrected chi connectivity index (χ0v) is 19.3. The van der Waals surface area contributed by atoms with Gasteiger partial charge in [-0.05, 0) is 36.8 Å². The lowest BCUT2D eigenvalue weighted by molar-refractivity contribution is 0.372. The van der Waals surface area contributed by atoms with Gasteiger partial charge in [0, 0.05) is 44.5 Å². The van der Waals surface area contributed by atoms with Crippen LogP contribution in [0.1, 0.15) is 18.1 Å². The predicted molar refractivity (Wildman–Crippen MR) is 128 cm³/mol. The number of piperazine rings is 1. The Kier molecular flexibility index (Phi) is 9.06. The summed E-state index contributed by atoms with van der Waals surface area (Å²) in [5.41, 5.74) is 2.97. The molecule has 0 saturated carbocycles. The molecule has 0 radical (unpaired) electrons. The molecule has 1 aliphatic rings. The highest BCUT2D eigenvalue weighted by Gasteiger charge is 2.20. The van der Waals surface area contributed by atoms with Crippen LogP contribution in [0.25, 0.3) is 0 Å². The Bertz CT molecular complexity index is 839. The first-order valence-electron chi connectivity index (χ1n) is 9.64. The Morgan fingerprint density at radius 2 is 1.86 bits per heavy atom. The minimum absolute atomic E-state index is 0. The molecule has 29 heavy (non-hydrogen) atoms. The van der Waals surface area contributed by atoms with E-state index in [1.54, 1.807) is 7.11 Å². The van der Waals surface area contributed by atoms with Gasteiger partial charge in [-0.3, -0.25) is 0 Å². The van der Waals surface area contributed by atoms with Crippen molar-refractivity contribution in [3.8, 4) is 11.8 Å². The minimum atomic E-state index is 0. The number of hydrogen-bond acceptors (Lipinski definition) is 4. The Balaban J connectivity index is 0.00000300. The number of ether oxygens (including phenoxy) is 1. The fraction of sp³-hybridized carbons (Fsp3) is 0.364. The van der Waals surface area contributed by atoms with E-state index < -0.39 is 0 Å². The van der Waals surface area contributed by atoms with E-state index in [2.05, 4.69) is 40.2 Å². The van der Waals surface area contributed by atoms with Gasteiger partial charge >= 0.3 is 0 Å². The molecule has 154 valence electrons. The summed E-state index contributed by atoms with van der Waals surface area (Å²) in [4.78, 5) is 9.49. The lowest BCUT2D eigenvalue weighted by Crippen LogP contribution is -2.52. The zero-order chi connectivity index (χ0) is 19.8. The first-order chi connectivity index (χ1) is 13.7. The van der Waals surface area contributed by atoms with Crippen molar-refractivity contribution in [3.63, 3.8) is 0 Å². The smallest absolute Gasteiger partial charge is 0.194 e. The van der Waals surface area contributed by atoms with E-state index in [4.69, 9.17) is 15.0 Å². The average Bonchev–Trinajstić information content (AvgIpc) is 2.77. The molecule has 1 heterocycles. The van der Waals surface area contributed by atoms with Crippen molar-refractivity contribution in [2.45, 2.75) is 13.5 Å². The van der Waals surface area contributed by atoms with Crippen molar-refractivity contribution >= 4 is 35.6 Å². The van der Waals surface area contributed by atoms with Crippen LogP contribution in [0.15, 0.2) is 53.5 Å². The van der Waals surface area contributed by atoms with E-state index >= 15 is 0 Å². The largest absolute Gasteiger partial charge is 0.497 e. The fourth-order valence-corrected chi connectivity index (χ4v) is 3.26. The molecular weight excluding hydrogens is 477 g/mol. The molecule has 0 bridgehead atoms. The van der Waals surface area contributed by atoms with Crippen molar-refractivity contribution in [2.75, 3.05) is 44.7 Å². The fourth-order valence-electron chi connectivity index (χ4n) is 3.26. The van der Waals surface area contributed by atoms with E-state index in [1.807, 2.05) is 36.4 Å². The number of benzene rings is 2. The molecule has 3 rings (SSSR count). The molecule has 2 aromatic rings. The van der Waals surface area contributed by atoms with E-state index in [0.717, 1.165) is 50.0 Å². The summed E-state index contributed by atoms with van der Waals surface area (Å²) in [7, 11) is 1.70. The maximum atomic E-state index is 8.91. The van der Waals surface area contributed by atoms with Crippen LogP contribution in [0, 0.1) is 11.3 Å². The summed E-state index contributed by atoms with van der Waals surface area (Å²) in [6, 6.07) is 18.0. The SMILES string of the molecule is CCNC(=NCc1ccc(C#N)cc1)N1CCN(c2cccc(OC)c2)CC1.I. The number of halogens is 1. The minimum Gasteiger partial charge on any atom is -0.497 e. The second-order valence-electron chi connectivity index (χ2n) is 6.65. The third-order valence-electron chi connectivity index (χ3n) is 4.83. The van der Waals surface area contributed by atoms with E-state index in [1.165, 1.54) is 5.69 Å². The van der Waals surface area contributed by atoms with Crippen LogP contribution in [-0.4, -0.2) is 50.7 Å². The normalized spacial score (nSPS) is 14.0. The number of aliphatic imine (C=N–C) groups is 1. The topological polar surface area (TPSA) is 63.9 Å². The van der Waals surface area contributed by atoms with Crippen LogP contribution in [-0.2, 0) is 6.54 Å². The molecule has 0 aliphatic carbocycles. The predicted octanol–water partition coefficient (Wildman–Crippen LogP) is 3.47. The van der Waals surface area contributed by atoms with Gasteiger partial charge in [-0.25, -0.2) is 4.99 Å². The number of nitrogens with zero attached hydrogens (tertiary/aromatic N) is 4. The summed E-state index contributed by atoms with van der Waals surface area (Å²) in [5.74, 6) is 1.83. The molecule has 1 saturated heterocycles. The number of nitriles is 1. The van der Waals surface area contributed by atoms with Gasteiger partial charge < -0.3 is 19.9 Å². The Hall–Kier alpha value is -2.47. The Morgan fingerprint density at radius 3 is 2.48 bits per heavy atom. The highest BCUT2D eigenvalue weighted by molar-refractivity contribution is 14.0. The third kappa shape index (κ3) is 6.26. The number of nitrogens with one attached hydrogen (secondary N) is 1. The molecule has 2 aromatic carbocycles. The van der Waals surface area contributed by atoms with Crippen molar-refractivity contribution in [1.29, 1.82) is 5.26 Å². The van der Waals surface area contributed by atoms with E-state index in [-0.39, 0.29) is 24.0 Å². The average molecular weight is 505 g/mol. The van der Waals surface area contributed by atoms with Crippen molar-refractivity contribution in [3.05, 3.63) is 59.7 Å². The Labute approximate surface area is 190 Å². The van der Waals surface area contributed by atoms with Gasteiger partial charge in [-0.15, -0.1) is 24.0 Å². The summed E-state index contributed by atoms with van der Waals surface area (Å²) in [6.07, 6.45) is 0.